The molecule has 0 amide bonds. The van der Waals surface area contributed by atoms with E-state index in [1.165, 1.54) is 4.57 Å². The van der Waals surface area contributed by atoms with Crippen LogP contribution in [0, 0.1) is 0 Å². The van der Waals surface area contributed by atoms with Crippen molar-refractivity contribution in [3.63, 3.8) is 0 Å². The zero-order valence-corrected chi connectivity index (χ0v) is 10.1. The van der Waals surface area contributed by atoms with Crippen LogP contribution in [0.15, 0.2) is 23.0 Å². The third-order valence-corrected chi connectivity index (χ3v) is 3.78. The Morgan fingerprint density at radius 3 is 2.61 bits per heavy atom. The van der Waals surface area contributed by atoms with E-state index in [-0.39, 0.29) is 17.3 Å². The molecule has 0 radical (unpaired) electrons. The topological polar surface area (TPSA) is 64.2 Å². The van der Waals surface area contributed by atoms with E-state index in [4.69, 9.17) is 5.11 Å². The van der Waals surface area contributed by atoms with E-state index in [0.717, 1.165) is 24.8 Å². The number of carboxylic acid groups (broad SMARTS) is 1. The van der Waals surface area contributed by atoms with Crippen LogP contribution in [0.25, 0.3) is 11.0 Å². The molecule has 5 heteroatoms. The van der Waals surface area contributed by atoms with Crippen LogP contribution < -0.4 is 5.69 Å². The van der Waals surface area contributed by atoms with Crippen molar-refractivity contribution in [2.45, 2.75) is 25.3 Å². The SMILES string of the molecule is Cn1c(=O)n(C2CCC2)c2ccc(C(=O)O)cc21. The van der Waals surface area contributed by atoms with Crippen LogP contribution in [-0.2, 0) is 7.05 Å². The Labute approximate surface area is 103 Å². The summed E-state index contributed by atoms with van der Waals surface area (Å²) in [5.74, 6) is -0.972. The molecule has 0 atom stereocenters. The highest BCUT2D eigenvalue weighted by atomic mass is 16.4. The maximum atomic E-state index is 12.2. The van der Waals surface area contributed by atoms with Gasteiger partial charge in [0.1, 0.15) is 0 Å². The van der Waals surface area contributed by atoms with Crippen molar-refractivity contribution < 1.29 is 9.90 Å². The van der Waals surface area contributed by atoms with Gasteiger partial charge in [-0.1, -0.05) is 0 Å². The van der Waals surface area contributed by atoms with Crippen LogP contribution >= 0.6 is 0 Å². The van der Waals surface area contributed by atoms with Crippen molar-refractivity contribution >= 4 is 17.0 Å². The van der Waals surface area contributed by atoms with E-state index in [2.05, 4.69) is 0 Å². The van der Waals surface area contributed by atoms with Crippen LogP contribution in [0.1, 0.15) is 35.7 Å². The highest BCUT2D eigenvalue weighted by Gasteiger charge is 2.24. The number of aromatic carboxylic acids is 1. The van der Waals surface area contributed by atoms with Crippen LogP contribution in [0.5, 0.6) is 0 Å². The monoisotopic (exact) mass is 246 g/mol. The summed E-state index contributed by atoms with van der Waals surface area (Å²) >= 11 is 0. The summed E-state index contributed by atoms with van der Waals surface area (Å²) in [6.45, 7) is 0. The molecule has 3 rings (SSSR count). The normalized spacial score (nSPS) is 15.8. The molecule has 94 valence electrons. The Morgan fingerprint density at radius 1 is 1.33 bits per heavy atom. The molecule has 1 aliphatic carbocycles. The van der Waals surface area contributed by atoms with E-state index in [0.29, 0.717) is 5.52 Å². The first-order valence-corrected chi connectivity index (χ1v) is 6.04. The number of nitrogens with zero attached hydrogens (tertiary/aromatic N) is 2. The predicted octanol–water partition coefficient (Wildman–Crippen LogP) is 1.76. The van der Waals surface area contributed by atoms with Gasteiger partial charge in [0.25, 0.3) is 0 Å². The van der Waals surface area contributed by atoms with Gasteiger partial charge in [-0.2, -0.15) is 0 Å². The average molecular weight is 246 g/mol. The zero-order chi connectivity index (χ0) is 12.9. The average Bonchev–Trinajstić information content (AvgIpc) is 2.52. The van der Waals surface area contributed by atoms with Gasteiger partial charge in [-0.15, -0.1) is 0 Å². The number of carboxylic acids is 1. The van der Waals surface area contributed by atoms with Gasteiger partial charge in [0.05, 0.1) is 16.6 Å². The molecule has 1 fully saturated rings. The molecule has 1 heterocycles. The molecule has 2 aromatic rings. The molecule has 18 heavy (non-hydrogen) atoms. The first-order chi connectivity index (χ1) is 8.59. The number of carbonyl (C=O) groups is 1. The van der Waals surface area contributed by atoms with Crippen molar-refractivity contribution in [1.29, 1.82) is 0 Å². The standard InChI is InChI=1S/C13H14N2O3/c1-14-11-7-8(12(16)17)5-6-10(11)15(13(14)18)9-3-2-4-9/h5-7,9H,2-4H2,1H3,(H,16,17). The number of imidazole rings is 1. The molecular formula is C13H14N2O3. The van der Waals surface area contributed by atoms with Gasteiger partial charge in [-0.3, -0.25) is 9.13 Å². The molecule has 5 nitrogen and oxygen atoms in total. The minimum absolute atomic E-state index is 0.0581. The molecule has 0 bridgehead atoms. The second-order valence-corrected chi connectivity index (χ2v) is 4.80. The second kappa shape index (κ2) is 3.73. The lowest BCUT2D eigenvalue weighted by Crippen LogP contribution is -2.29. The number of hydrogen-bond donors (Lipinski definition) is 1. The minimum atomic E-state index is -0.972. The van der Waals surface area contributed by atoms with Gasteiger partial charge in [0, 0.05) is 13.1 Å². The first kappa shape index (κ1) is 11.1. The van der Waals surface area contributed by atoms with Gasteiger partial charge in [-0.25, -0.2) is 9.59 Å². The summed E-state index contributed by atoms with van der Waals surface area (Å²) in [7, 11) is 1.69. The molecular weight excluding hydrogens is 232 g/mol. The summed E-state index contributed by atoms with van der Waals surface area (Å²) in [5.41, 5.74) is 1.67. The van der Waals surface area contributed by atoms with E-state index >= 15 is 0 Å². The van der Waals surface area contributed by atoms with Gasteiger partial charge in [0.2, 0.25) is 0 Å². The third kappa shape index (κ3) is 1.40. The summed E-state index contributed by atoms with van der Waals surface area (Å²) in [6, 6.07) is 5.13. The minimum Gasteiger partial charge on any atom is -0.478 e. The van der Waals surface area contributed by atoms with Crippen molar-refractivity contribution in [3.05, 3.63) is 34.2 Å². The van der Waals surface area contributed by atoms with E-state index in [1.807, 2.05) is 0 Å². The summed E-state index contributed by atoms with van der Waals surface area (Å²) in [5, 5.41) is 8.98. The number of aryl methyl sites for hydroxylation is 1. The van der Waals surface area contributed by atoms with Gasteiger partial charge in [0.15, 0.2) is 0 Å². The van der Waals surface area contributed by atoms with Gasteiger partial charge >= 0.3 is 11.7 Å². The molecule has 0 spiro atoms. The Morgan fingerprint density at radius 2 is 2.06 bits per heavy atom. The molecule has 1 aliphatic rings. The molecule has 0 unspecified atom stereocenters. The maximum absolute atomic E-state index is 12.2. The number of rotatable bonds is 2. The van der Waals surface area contributed by atoms with E-state index in [9.17, 15) is 9.59 Å². The van der Waals surface area contributed by atoms with Gasteiger partial charge in [-0.05, 0) is 37.5 Å². The fourth-order valence-corrected chi connectivity index (χ4v) is 2.49. The predicted molar refractivity (Wildman–Crippen MR) is 67.0 cm³/mol. The fourth-order valence-electron chi connectivity index (χ4n) is 2.49. The highest BCUT2D eigenvalue weighted by molar-refractivity contribution is 5.92. The van der Waals surface area contributed by atoms with Crippen LogP contribution in [0.3, 0.4) is 0 Å². The highest BCUT2D eigenvalue weighted by Crippen LogP contribution is 2.33. The molecule has 1 N–H and O–H groups in total. The number of aromatic nitrogens is 2. The Kier molecular flexibility index (Phi) is 2.29. The number of benzene rings is 1. The van der Waals surface area contributed by atoms with Crippen molar-refractivity contribution in [3.8, 4) is 0 Å². The zero-order valence-electron chi connectivity index (χ0n) is 10.1. The first-order valence-electron chi connectivity index (χ1n) is 6.04. The Hall–Kier alpha value is -2.04. The Bertz CT molecular complexity index is 692. The summed E-state index contributed by atoms with van der Waals surface area (Å²) in [4.78, 5) is 23.1. The largest absolute Gasteiger partial charge is 0.478 e. The number of hydrogen-bond acceptors (Lipinski definition) is 2. The molecule has 1 aromatic carbocycles. The second-order valence-electron chi connectivity index (χ2n) is 4.80. The third-order valence-electron chi connectivity index (χ3n) is 3.78. The molecule has 1 saturated carbocycles. The quantitative estimate of drug-likeness (QED) is 0.878. The lowest BCUT2D eigenvalue weighted by molar-refractivity contribution is 0.0697. The van der Waals surface area contributed by atoms with Crippen molar-refractivity contribution in [2.75, 3.05) is 0 Å². The maximum Gasteiger partial charge on any atom is 0.335 e. The lowest BCUT2D eigenvalue weighted by atomic mass is 9.93. The lowest BCUT2D eigenvalue weighted by Gasteiger charge is -2.26. The fraction of sp³-hybridized carbons (Fsp3) is 0.385. The van der Waals surface area contributed by atoms with E-state index in [1.54, 1.807) is 29.8 Å². The van der Waals surface area contributed by atoms with Crippen LogP contribution in [0.4, 0.5) is 0 Å². The van der Waals surface area contributed by atoms with Gasteiger partial charge < -0.3 is 5.11 Å². The van der Waals surface area contributed by atoms with Crippen LogP contribution in [0.2, 0.25) is 0 Å². The molecule has 0 aliphatic heterocycles. The van der Waals surface area contributed by atoms with Crippen molar-refractivity contribution in [1.82, 2.24) is 9.13 Å². The van der Waals surface area contributed by atoms with E-state index < -0.39 is 5.97 Å². The molecule has 0 saturated heterocycles. The smallest absolute Gasteiger partial charge is 0.335 e. The molecule has 1 aromatic heterocycles. The summed E-state index contributed by atoms with van der Waals surface area (Å²) in [6.07, 6.45) is 3.21. The van der Waals surface area contributed by atoms with Crippen LogP contribution in [-0.4, -0.2) is 20.2 Å². The van der Waals surface area contributed by atoms with Crippen molar-refractivity contribution in [2.24, 2.45) is 7.05 Å². The number of fused-ring (bicyclic) bond motifs is 1. The summed E-state index contributed by atoms with van der Waals surface area (Å²) < 4.78 is 3.32. The Balaban J connectivity index is 2.29.